The molecule has 0 amide bonds. The third kappa shape index (κ3) is 7.06. The van der Waals surface area contributed by atoms with Gasteiger partial charge in [-0.15, -0.1) is 0 Å². The van der Waals surface area contributed by atoms with E-state index in [1.165, 1.54) is 36.4 Å². The van der Waals surface area contributed by atoms with E-state index >= 15 is 0 Å². The lowest BCUT2D eigenvalue weighted by Gasteiger charge is -2.19. The number of anilines is 2. The molecule has 0 saturated carbocycles. The molecule has 4 nitrogen and oxygen atoms in total. The first-order valence-corrected chi connectivity index (χ1v) is 9.34. The topological polar surface area (TPSA) is 48.1 Å². The molecule has 0 spiro atoms. The predicted octanol–water partition coefficient (Wildman–Crippen LogP) is 4.93. The van der Waals surface area contributed by atoms with Crippen molar-refractivity contribution in [2.75, 3.05) is 17.2 Å². The Bertz CT molecular complexity index is 852. The van der Waals surface area contributed by atoms with Gasteiger partial charge in [-0.05, 0) is 67.8 Å². The molecular formula is C17H16Cl2F2N4S2. The van der Waals surface area contributed by atoms with Gasteiger partial charge in [0.2, 0.25) is 0 Å². The van der Waals surface area contributed by atoms with E-state index in [9.17, 15) is 8.78 Å². The molecule has 0 heterocycles. The first-order chi connectivity index (χ1) is 12.7. The molecule has 0 unspecified atom stereocenters. The van der Waals surface area contributed by atoms with Gasteiger partial charge in [0.15, 0.2) is 10.2 Å². The molecule has 0 radical (unpaired) electrons. The molecular weight excluding hydrogens is 433 g/mol. The van der Waals surface area contributed by atoms with E-state index in [-0.39, 0.29) is 16.1 Å². The summed E-state index contributed by atoms with van der Waals surface area (Å²) in [4.78, 5) is 0. The average molecular weight is 449 g/mol. The van der Waals surface area contributed by atoms with Crippen LogP contribution in [0.1, 0.15) is 6.92 Å². The third-order valence-electron chi connectivity index (χ3n) is 3.30. The number of hydrogen-bond acceptors (Lipinski definition) is 2. The quantitative estimate of drug-likeness (QED) is 0.486. The summed E-state index contributed by atoms with van der Waals surface area (Å²) in [6.45, 7) is 2.36. The summed E-state index contributed by atoms with van der Waals surface area (Å²) in [6, 6.07) is 8.39. The highest BCUT2D eigenvalue weighted by molar-refractivity contribution is 7.80. The van der Waals surface area contributed by atoms with Crippen LogP contribution in [0, 0.1) is 11.6 Å². The number of benzene rings is 2. The summed E-state index contributed by atoms with van der Waals surface area (Å²) in [7, 11) is 0. The summed E-state index contributed by atoms with van der Waals surface area (Å²) in [5.74, 6) is -0.996. The Hall–Kier alpha value is -1.74. The van der Waals surface area contributed by atoms with Gasteiger partial charge in [-0.25, -0.2) is 8.78 Å². The van der Waals surface area contributed by atoms with Crippen molar-refractivity contribution < 1.29 is 8.78 Å². The van der Waals surface area contributed by atoms with Crippen LogP contribution in [0.15, 0.2) is 36.4 Å². The van der Waals surface area contributed by atoms with Crippen molar-refractivity contribution in [1.82, 2.24) is 10.6 Å². The Labute approximate surface area is 176 Å². The summed E-state index contributed by atoms with van der Waals surface area (Å²) in [5, 5.41) is 12.6. The van der Waals surface area contributed by atoms with E-state index in [1.54, 1.807) is 0 Å². The van der Waals surface area contributed by atoms with E-state index in [0.717, 1.165) is 0 Å². The van der Waals surface area contributed by atoms with Crippen LogP contribution < -0.4 is 21.3 Å². The second-order valence-electron chi connectivity index (χ2n) is 5.59. The van der Waals surface area contributed by atoms with Crippen LogP contribution in [0.4, 0.5) is 20.2 Å². The third-order valence-corrected chi connectivity index (χ3v) is 4.35. The van der Waals surface area contributed by atoms with Gasteiger partial charge in [-0.1, -0.05) is 23.2 Å². The molecule has 2 aromatic rings. The normalized spacial score (nSPS) is 11.4. The molecule has 10 heteroatoms. The molecule has 0 bridgehead atoms. The number of hydrogen-bond donors (Lipinski definition) is 4. The largest absolute Gasteiger partial charge is 0.360 e. The minimum atomic E-state index is -0.498. The zero-order chi connectivity index (χ0) is 20.0. The van der Waals surface area contributed by atoms with E-state index in [1.807, 2.05) is 6.92 Å². The molecule has 0 aliphatic rings. The number of nitrogens with one attached hydrogen (secondary N) is 4. The van der Waals surface area contributed by atoms with Crippen molar-refractivity contribution in [2.45, 2.75) is 13.0 Å². The van der Waals surface area contributed by atoms with Crippen molar-refractivity contribution >= 4 is 69.2 Å². The van der Waals surface area contributed by atoms with Crippen LogP contribution in [0.2, 0.25) is 10.0 Å². The first kappa shape index (κ1) is 21.6. The van der Waals surface area contributed by atoms with Crippen molar-refractivity contribution in [3.8, 4) is 0 Å². The van der Waals surface area contributed by atoms with Gasteiger partial charge in [0.25, 0.3) is 0 Å². The minimum Gasteiger partial charge on any atom is -0.360 e. The first-order valence-electron chi connectivity index (χ1n) is 7.77. The van der Waals surface area contributed by atoms with Crippen molar-refractivity contribution in [1.29, 1.82) is 0 Å². The van der Waals surface area contributed by atoms with Crippen LogP contribution in [-0.4, -0.2) is 22.8 Å². The molecule has 2 rings (SSSR count). The number of thiocarbonyl (C=S) groups is 2. The standard InChI is InChI=1S/C17H16Cl2F2N4S2/c1-9(23-17(27)25-11-3-5-15(21)13(19)7-11)8-22-16(26)24-10-2-4-14(20)12(18)6-10/h2-7,9H,8H2,1H3,(H2,22,24,26)(H2,23,25,27)/t9-/m0/s1. The second-order valence-corrected chi connectivity index (χ2v) is 7.22. The van der Waals surface area contributed by atoms with Gasteiger partial charge in [0, 0.05) is 24.0 Å². The molecule has 0 saturated heterocycles. The van der Waals surface area contributed by atoms with Gasteiger partial charge in [0.05, 0.1) is 10.0 Å². The van der Waals surface area contributed by atoms with Gasteiger partial charge in [0.1, 0.15) is 11.6 Å². The highest BCUT2D eigenvalue weighted by Crippen LogP contribution is 2.20. The summed E-state index contributed by atoms with van der Waals surface area (Å²) >= 11 is 21.9. The fraction of sp³-hybridized carbons (Fsp3) is 0.176. The van der Waals surface area contributed by atoms with Crippen LogP contribution in [-0.2, 0) is 0 Å². The van der Waals surface area contributed by atoms with Crippen molar-refractivity contribution in [3.63, 3.8) is 0 Å². The van der Waals surface area contributed by atoms with E-state index < -0.39 is 11.6 Å². The highest BCUT2D eigenvalue weighted by Gasteiger charge is 2.08. The highest BCUT2D eigenvalue weighted by atomic mass is 35.5. The second kappa shape index (κ2) is 9.98. The summed E-state index contributed by atoms with van der Waals surface area (Å²) in [6.07, 6.45) is 0. The Morgan fingerprint density at radius 1 is 0.926 bits per heavy atom. The maximum Gasteiger partial charge on any atom is 0.171 e. The molecule has 0 aliphatic carbocycles. The monoisotopic (exact) mass is 448 g/mol. The van der Waals surface area contributed by atoms with Gasteiger partial charge in [-0.3, -0.25) is 0 Å². The van der Waals surface area contributed by atoms with Crippen LogP contribution in [0.5, 0.6) is 0 Å². The maximum absolute atomic E-state index is 13.2. The molecule has 1 atom stereocenters. The fourth-order valence-corrected chi connectivity index (χ4v) is 2.89. The van der Waals surface area contributed by atoms with Gasteiger partial charge in [-0.2, -0.15) is 0 Å². The van der Waals surface area contributed by atoms with E-state index in [4.69, 9.17) is 47.6 Å². The van der Waals surface area contributed by atoms with Crippen molar-refractivity contribution in [2.24, 2.45) is 0 Å². The van der Waals surface area contributed by atoms with Gasteiger partial charge < -0.3 is 21.3 Å². The molecule has 2 aromatic carbocycles. The molecule has 0 aliphatic heterocycles. The van der Waals surface area contributed by atoms with Crippen LogP contribution >= 0.6 is 47.6 Å². The van der Waals surface area contributed by atoms with Gasteiger partial charge >= 0.3 is 0 Å². The Balaban J connectivity index is 1.76. The molecule has 0 aromatic heterocycles. The molecule has 144 valence electrons. The lowest BCUT2D eigenvalue weighted by molar-refractivity contribution is 0.628. The lowest BCUT2D eigenvalue weighted by Crippen LogP contribution is -2.44. The van der Waals surface area contributed by atoms with E-state index in [2.05, 4.69) is 21.3 Å². The smallest absolute Gasteiger partial charge is 0.171 e. The Morgan fingerprint density at radius 3 is 1.89 bits per heavy atom. The summed E-state index contributed by atoms with van der Waals surface area (Å²) in [5.41, 5.74) is 1.15. The molecule has 27 heavy (non-hydrogen) atoms. The fourth-order valence-electron chi connectivity index (χ4n) is 2.01. The Kier molecular flexibility index (Phi) is 7.97. The predicted molar refractivity (Wildman–Crippen MR) is 116 cm³/mol. The molecule has 0 fully saturated rings. The zero-order valence-electron chi connectivity index (χ0n) is 14.1. The Morgan fingerprint density at radius 2 is 1.41 bits per heavy atom. The summed E-state index contributed by atoms with van der Waals surface area (Å²) < 4.78 is 26.3. The zero-order valence-corrected chi connectivity index (χ0v) is 17.2. The van der Waals surface area contributed by atoms with E-state index in [0.29, 0.717) is 28.1 Å². The van der Waals surface area contributed by atoms with Crippen molar-refractivity contribution in [3.05, 3.63) is 58.1 Å². The van der Waals surface area contributed by atoms with Crippen LogP contribution in [0.3, 0.4) is 0 Å². The average Bonchev–Trinajstić information content (AvgIpc) is 2.59. The number of halogens is 4. The maximum atomic E-state index is 13.2. The lowest BCUT2D eigenvalue weighted by atomic mass is 10.3. The SMILES string of the molecule is C[C@@H](CNC(=S)Nc1ccc(F)c(Cl)c1)NC(=S)Nc1ccc(F)c(Cl)c1. The number of rotatable bonds is 5. The van der Waals surface area contributed by atoms with Crippen LogP contribution in [0.25, 0.3) is 0 Å². The minimum absolute atomic E-state index is 0.00911. The molecule has 4 N–H and O–H groups in total.